The van der Waals surface area contributed by atoms with Crippen LogP contribution in [0.1, 0.15) is 22.0 Å². The second-order valence-electron chi connectivity index (χ2n) is 5.93. The molecule has 0 saturated heterocycles. The molecule has 0 amide bonds. The van der Waals surface area contributed by atoms with Crippen LogP contribution in [-0.4, -0.2) is 23.2 Å². The number of hydrogen-bond donors (Lipinski definition) is 0. The average Bonchev–Trinajstić information content (AvgIpc) is 3.32. The Balaban J connectivity index is 1.50. The van der Waals surface area contributed by atoms with Crippen LogP contribution >= 0.6 is 0 Å². The van der Waals surface area contributed by atoms with E-state index in [0.717, 1.165) is 5.39 Å². The van der Waals surface area contributed by atoms with Gasteiger partial charge >= 0.3 is 5.97 Å². The van der Waals surface area contributed by atoms with Crippen LogP contribution in [0.5, 0.6) is 0 Å². The summed E-state index contributed by atoms with van der Waals surface area (Å²) in [5, 5.41) is 4.59. The Morgan fingerprint density at radius 3 is 2.68 bits per heavy atom. The molecule has 0 radical (unpaired) electrons. The van der Waals surface area contributed by atoms with Crippen molar-refractivity contribution in [3.8, 4) is 11.4 Å². The normalized spacial score (nSPS) is 11.1. The van der Waals surface area contributed by atoms with E-state index in [1.165, 1.54) is 31.4 Å². The van der Waals surface area contributed by atoms with E-state index in [4.69, 9.17) is 18.4 Å². The van der Waals surface area contributed by atoms with Gasteiger partial charge in [-0.05, 0) is 30.3 Å². The molecule has 142 valence electrons. The SMILES string of the molecule is COCc1c(C(=O)OCc2nc(-c3ccc(F)cc3)no2)oc2ccccc12. The quantitative estimate of drug-likeness (QED) is 0.463. The minimum Gasteiger partial charge on any atom is -0.450 e. The van der Waals surface area contributed by atoms with Gasteiger partial charge in [0, 0.05) is 23.6 Å². The van der Waals surface area contributed by atoms with E-state index < -0.39 is 5.97 Å². The van der Waals surface area contributed by atoms with Crippen molar-refractivity contribution in [1.82, 2.24) is 10.1 Å². The van der Waals surface area contributed by atoms with Gasteiger partial charge in [0.15, 0.2) is 6.61 Å². The molecule has 7 nitrogen and oxygen atoms in total. The van der Waals surface area contributed by atoms with Crippen molar-refractivity contribution in [1.29, 1.82) is 0 Å². The van der Waals surface area contributed by atoms with Crippen LogP contribution in [0.4, 0.5) is 4.39 Å². The van der Waals surface area contributed by atoms with Crippen molar-refractivity contribution < 1.29 is 27.6 Å². The maximum absolute atomic E-state index is 13.0. The maximum atomic E-state index is 13.0. The molecule has 0 spiro atoms. The molecule has 0 atom stereocenters. The van der Waals surface area contributed by atoms with Crippen LogP contribution in [0.3, 0.4) is 0 Å². The van der Waals surface area contributed by atoms with Gasteiger partial charge in [-0.3, -0.25) is 0 Å². The van der Waals surface area contributed by atoms with Crippen LogP contribution in [0, 0.1) is 5.82 Å². The van der Waals surface area contributed by atoms with Crippen LogP contribution in [-0.2, 0) is 22.7 Å². The number of halogens is 1. The van der Waals surface area contributed by atoms with Gasteiger partial charge in [0.25, 0.3) is 5.89 Å². The summed E-state index contributed by atoms with van der Waals surface area (Å²) in [5.74, 6) is -0.572. The predicted octanol–water partition coefficient (Wildman–Crippen LogP) is 4.13. The molecule has 0 aliphatic carbocycles. The maximum Gasteiger partial charge on any atom is 0.375 e. The number of fused-ring (bicyclic) bond motifs is 1. The number of furan rings is 1. The zero-order chi connectivity index (χ0) is 19.5. The van der Waals surface area contributed by atoms with Crippen molar-refractivity contribution >= 4 is 16.9 Å². The van der Waals surface area contributed by atoms with E-state index in [-0.39, 0.29) is 36.5 Å². The zero-order valence-electron chi connectivity index (χ0n) is 14.8. The lowest BCUT2D eigenvalue weighted by Crippen LogP contribution is -2.07. The summed E-state index contributed by atoms with van der Waals surface area (Å²) >= 11 is 0. The first-order chi connectivity index (χ1) is 13.7. The third-order valence-electron chi connectivity index (χ3n) is 4.07. The molecule has 0 saturated carbocycles. The standard InChI is InChI=1S/C20H15FN2O5/c1-25-10-15-14-4-2-3-5-16(14)27-18(15)20(24)26-11-17-22-19(23-28-17)12-6-8-13(21)9-7-12/h2-9H,10-11H2,1H3. The molecular weight excluding hydrogens is 367 g/mol. The van der Waals surface area contributed by atoms with Gasteiger partial charge in [-0.15, -0.1) is 0 Å². The van der Waals surface area contributed by atoms with E-state index >= 15 is 0 Å². The first-order valence-corrected chi connectivity index (χ1v) is 8.40. The lowest BCUT2D eigenvalue weighted by molar-refractivity contribution is 0.0390. The van der Waals surface area contributed by atoms with Crippen LogP contribution in [0.25, 0.3) is 22.4 Å². The fourth-order valence-corrected chi connectivity index (χ4v) is 2.77. The molecule has 0 fully saturated rings. The third-order valence-corrected chi connectivity index (χ3v) is 4.07. The van der Waals surface area contributed by atoms with Gasteiger partial charge in [0.05, 0.1) is 6.61 Å². The van der Waals surface area contributed by atoms with Crippen molar-refractivity contribution in [2.24, 2.45) is 0 Å². The van der Waals surface area contributed by atoms with Crippen LogP contribution < -0.4 is 0 Å². The molecule has 0 unspecified atom stereocenters. The van der Waals surface area contributed by atoms with Gasteiger partial charge in [-0.25, -0.2) is 9.18 Å². The number of ether oxygens (including phenoxy) is 2. The Kier molecular flexibility index (Phi) is 4.86. The summed E-state index contributed by atoms with van der Waals surface area (Å²) in [7, 11) is 1.53. The Labute approximate surface area is 158 Å². The second kappa shape index (κ2) is 7.61. The molecular formula is C20H15FN2O5. The van der Waals surface area contributed by atoms with Crippen molar-refractivity contribution in [2.45, 2.75) is 13.2 Å². The largest absolute Gasteiger partial charge is 0.450 e. The fraction of sp³-hybridized carbons (Fsp3) is 0.150. The highest BCUT2D eigenvalue weighted by atomic mass is 19.1. The number of benzene rings is 2. The summed E-state index contributed by atoms with van der Waals surface area (Å²) in [6.07, 6.45) is 0. The van der Waals surface area contributed by atoms with Gasteiger partial charge in [0.1, 0.15) is 11.4 Å². The molecule has 0 N–H and O–H groups in total. The Morgan fingerprint density at radius 2 is 1.89 bits per heavy atom. The van der Waals surface area contributed by atoms with Crippen molar-refractivity contribution in [2.75, 3.05) is 7.11 Å². The molecule has 8 heteroatoms. The highest BCUT2D eigenvalue weighted by Crippen LogP contribution is 2.27. The van der Waals surface area contributed by atoms with Gasteiger partial charge in [-0.2, -0.15) is 4.98 Å². The number of hydrogen-bond acceptors (Lipinski definition) is 7. The number of para-hydroxylation sites is 1. The third kappa shape index (κ3) is 3.49. The number of carbonyl (C=O) groups is 1. The number of methoxy groups -OCH3 is 1. The monoisotopic (exact) mass is 382 g/mol. The smallest absolute Gasteiger partial charge is 0.375 e. The predicted molar refractivity (Wildman–Crippen MR) is 95.7 cm³/mol. The number of nitrogens with zero attached hydrogens (tertiary/aromatic N) is 2. The Hall–Kier alpha value is -3.52. The second-order valence-corrected chi connectivity index (χ2v) is 5.93. The van der Waals surface area contributed by atoms with E-state index in [0.29, 0.717) is 16.7 Å². The average molecular weight is 382 g/mol. The van der Waals surface area contributed by atoms with E-state index in [1.54, 1.807) is 6.07 Å². The first kappa shape index (κ1) is 17.9. The molecule has 4 aromatic rings. The lowest BCUT2D eigenvalue weighted by Gasteiger charge is -2.02. The Morgan fingerprint density at radius 1 is 1.11 bits per heavy atom. The van der Waals surface area contributed by atoms with Crippen LogP contribution in [0.15, 0.2) is 57.5 Å². The topological polar surface area (TPSA) is 87.6 Å². The molecule has 2 heterocycles. The minimum atomic E-state index is -0.662. The number of rotatable bonds is 6. The van der Waals surface area contributed by atoms with Gasteiger partial charge in [-0.1, -0.05) is 23.4 Å². The van der Waals surface area contributed by atoms with Crippen molar-refractivity contribution in [3.63, 3.8) is 0 Å². The summed E-state index contributed by atoms with van der Waals surface area (Å²) in [4.78, 5) is 16.6. The highest BCUT2D eigenvalue weighted by molar-refractivity contribution is 5.96. The number of aromatic nitrogens is 2. The van der Waals surface area contributed by atoms with E-state index in [2.05, 4.69) is 10.1 Å². The van der Waals surface area contributed by atoms with E-state index in [1.807, 2.05) is 18.2 Å². The molecule has 2 aromatic heterocycles. The fourth-order valence-electron chi connectivity index (χ4n) is 2.77. The zero-order valence-corrected chi connectivity index (χ0v) is 14.8. The van der Waals surface area contributed by atoms with E-state index in [9.17, 15) is 9.18 Å². The van der Waals surface area contributed by atoms with Gasteiger partial charge < -0.3 is 18.4 Å². The lowest BCUT2D eigenvalue weighted by atomic mass is 10.1. The number of esters is 1. The summed E-state index contributed by atoms with van der Waals surface area (Å²) in [6, 6.07) is 12.9. The van der Waals surface area contributed by atoms with Crippen LogP contribution in [0.2, 0.25) is 0 Å². The highest BCUT2D eigenvalue weighted by Gasteiger charge is 2.22. The molecule has 0 aliphatic rings. The summed E-state index contributed by atoms with van der Waals surface area (Å²) in [5.41, 5.74) is 1.76. The van der Waals surface area contributed by atoms with Gasteiger partial charge in [0.2, 0.25) is 11.6 Å². The number of carbonyl (C=O) groups excluding carboxylic acids is 1. The molecule has 2 aromatic carbocycles. The molecule has 4 rings (SSSR count). The summed E-state index contributed by atoms with van der Waals surface area (Å²) in [6.45, 7) is -0.0206. The summed E-state index contributed by atoms with van der Waals surface area (Å²) < 4.78 is 34.1. The van der Waals surface area contributed by atoms with Crippen molar-refractivity contribution in [3.05, 3.63) is 71.6 Å². The molecule has 0 bridgehead atoms. The minimum absolute atomic E-state index is 0.0707. The molecule has 28 heavy (non-hydrogen) atoms. The molecule has 0 aliphatic heterocycles. The first-order valence-electron chi connectivity index (χ1n) is 8.40. The Bertz CT molecular complexity index is 1120.